The quantitative estimate of drug-likeness (QED) is 0.731. The molecule has 1 atom stereocenters. The van der Waals surface area contributed by atoms with Crippen LogP contribution in [0.3, 0.4) is 0 Å². The first-order valence-corrected chi connectivity index (χ1v) is 6.67. The molecule has 0 fully saturated rings. The predicted octanol–water partition coefficient (Wildman–Crippen LogP) is 2.36. The topological polar surface area (TPSA) is 37.1 Å². The van der Waals surface area contributed by atoms with Gasteiger partial charge in [-0.2, -0.15) is 0 Å². The third-order valence-corrected chi connectivity index (χ3v) is 3.10. The zero-order chi connectivity index (χ0) is 14.1. The molecule has 4 nitrogen and oxygen atoms in total. The molecule has 0 bridgehead atoms. The standard InChI is InChI=1S/C15H22N2O2/c1-4-17(5-2)10-11-19-14-8-6-13(7-9-14)15(18)12-16-3/h6-9,15,18H,4-5,10-12H2,1-2H3. The molecule has 0 aliphatic heterocycles. The van der Waals surface area contributed by atoms with E-state index in [1.807, 2.05) is 24.3 Å². The normalized spacial score (nSPS) is 12.2. The largest absolute Gasteiger partial charge is 0.492 e. The van der Waals surface area contributed by atoms with E-state index in [9.17, 15) is 5.11 Å². The fourth-order valence-corrected chi connectivity index (χ4v) is 1.81. The molecular weight excluding hydrogens is 240 g/mol. The van der Waals surface area contributed by atoms with Crippen LogP contribution >= 0.6 is 0 Å². The monoisotopic (exact) mass is 262 g/mol. The highest BCUT2D eigenvalue weighted by molar-refractivity contribution is 5.28. The van der Waals surface area contributed by atoms with Gasteiger partial charge in [0.2, 0.25) is 6.54 Å². The lowest BCUT2D eigenvalue weighted by molar-refractivity contribution is 0.195. The number of rotatable bonds is 8. The fourth-order valence-electron chi connectivity index (χ4n) is 1.81. The third kappa shape index (κ3) is 5.29. The van der Waals surface area contributed by atoms with Crippen LogP contribution in [0.5, 0.6) is 5.75 Å². The summed E-state index contributed by atoms with van der Waals surface area (Å²) in [4.78, 5) is 5.48. The second-order valence-electron chi connectivity index (χ2n) is 4.30. The molecule has 0 radical (unpaired) electrons. The van der Waals surface area contributed by atoms with Crippen LogP contribution in [0.2, 0.25) is 0 Å². The first-order valence-electron chi connectivity index (χ1n) is 6.67. The van der Waals surface area contributed by atoms with Crippen LogP contribution in [0.25, 0.3) is 4.85 Å². The van der Waals surface area contributed by atoms with Gasteiger partial charge in [0.1, 0.15) is 12.4 Å². The summed E-state index contributed by atoms with van der Waals surface area (Å²) in [5.41, 5.74) is 0.757. The highest BCUT2D eigenvalue weighted by atomic mass is 16.5. The maximum Gasteiger partial charge on any atom is 0.244 e. The van der Waals surface area contributed by atoms with Crippen molar-refractivity contribution in [2.45, 2.75) is 20.0 Å². The molecule has 0 spiro atoms. The molecule has 0 saturated carbocycles. The molecule has 1 N–H and O–H groups in total. The van der Waals surface area contributed by atoms with Crippen molar-refractivity contribution in [2.24, 2.45) is 0 Å². The molecular formula is C15H22N2O2. The van der Waals surface area contributed by atoms with Gasteiger partial charge < -0.3 is 19.6 Å². The minimum absolute atomic E-state index is 0.0994. The van der Waals surface area contributed by atoms with E-state index in [0.717, 1.165) is 30.9 Å². The van der Waals surface area contributed by atoms with Crippen LogP contribution in [-0.2, 0) is 0 Å². The van der Waals surface area contributed by atoms with Crippen LogP contribution in [0.4, 0.5) is 0 Å². The summed E-state index contributed by atoms with van der Waals surface area (Å²) in [7, 11) is 0. The van der Waals surface area contributed by atoms with Crippen molar-refractivity contribution >= 4 is 0 Å². The Morgan fingerprint density at radius 3 is 2.42 bits per heavy atom. The Morgan fingerprint density at radius 1 is 1.26 bits per heavy atom. The van der Waals surface area contributed by atoms with Crippen LogP contribution < -0.4 is 4.74 Å². The van der Waals surface area contributed by atoms with E-state index in [-0.39, 0.29) is 6.54 Å². The van der Waals surface area contributed by atoms with E-state index in [0.29, 0.717) is 6.61 Å². The Balaban J connectivity index is 2.42. The first-order chi connectivity index (χ1) is 9.21. The third-order valence-electron chi connectivity index (χ3n) is 3.10. The Labute approximate surface area is 115 Å². The average molecular weight is 262 g/mol. The summed E-state index contributed by atoms with van der Waals surface area (Å²) in [6.45, 7) is 14.7. The number of aliphatic hydroxyl groups is 1. The molecule has 0 saturated heterocycles. The predicted molar refractivity (Wildman–Crippen MR) is 76.2 cm³/mol. The summed E-state index contributed by atoms with van der Waals surface area (Å²) in [5, 5.41) is 9.66. The van der Waals surface area contributed by atoms with Crippen molar-refractivity contribution in [3.05, 3.63) is 41.2 Å². The molecule has 19 heavy (non-hydrogen) atoms. The van der Waals surface area contributed by atoms with E-state index in [1.165, 1.54) is 0 Å². The van der Waals surface area contributed by atoms with Gasteiger partial charge in [0, 0.05) is 6.54 Å². The van der Waals surface area contributed by atoms with Crippen LogP contribution in [0.1, 0.15) is 25.5 Å². The van der Waals surface area contributed by atoms with Crippen molar-refractivity contribution in [1.29, 1.82) is 0 Å². The van der Waals surface area contributed by atoms with Crippen molar-refractivity contribution < 1.29 is 9.84 Å². The second-order valence-corrected chi connectivity index (χ2v) is 4.30. The van der Waals surface area contributed by atoms with Gasteiger partial charge in [-0.25, -0.2) is 6.57 Å². The van der Waals surface area contributed by atoms with Crippen LogP contribution in [0.15, 0.2) is 24.3 Å². The molecule has 0 heterocycles. The lowest BCUT2D eigenvalue weighted by atomic mass is 10.1. The SMILES string of the molecule is [C-]#[N+]CC(O)c1ccc(OCCN(CC)CC)cc1. The van der Waals surface area contributed by atoms with Gasteiger partial charge in [-0.1, -0.05) is 26.0 Å². The lowest BCUT2D eigenvalue weighted by Gasteiger charge is -2.18. The maximum absolute atomic E-state index is 9.66. The number of benzene rings is 1. The van der Waals surface area contributed by atoms with Crippen molar-refractivity contribution in [2.75, 3.05) is 32.8 Å². The number of hydrogen-bond acceptors (Lipinski definition) is 3. The van der Waals surface area contributed by atoms with E-state index in [4.69, 9.17) is 11.3 Å². The van der Waals surface area contributed by atoms with Gasteiger partial charge in [0.15, 0.2) is 6.10 Å². The van der Waals surface area contributed by atoms with Gasteiger partial charge in [-0.15, -0.1) is 0 Å². The summed E-state index contributed by atoms with van der Waals surface area (Å²) in [6, 6.07) is 7.29. The summed E-state index contributed by atoms with van der Waals surface area (Å²) in [5.74, 6) is 0.797. The zero-order valence-corrected chi connectivity index (χ0v) is 11.7. The minimum atomic E-state index is -0.706. The Hall–Kier alpha value is -1.57. The van der Waals surface area contributed by atoms with E-state index in [2.05, 4.69) is 23.6 Å². The Kier molecular flexibility index (Phi) is 6.94. The number of hydrogen-bond donors (Lipinski definition) is 1. The zero-order valence-electron chi connectivity index (χ0n) is 11.7. The minimum Gasteiger partial charge on any atom is -0.492 e. The molecule has 1 rings (SSSR count). The number of aliphatic hydroxyl groups excluding tert-OH is 1. The summed E-state index contributed by atoms with van der Waals surface area (Å²) >= 11 is 0. The molecule has 0 aromatic heterocycles. The second kappa shape index (κ2) is 8.52. The van der Waals surface area contributed by atoms with Crippen LogP contribution in [-0.4, -0.2) is 42.8 Å². The van der Waals surface area contributed by atoms with Gasteiger partial charge in [0.05, 0.1) is 0 Å². The first kappa shape index (κ1) is 15.5. The van der Waals surface area contributed by atoms with Crippen LogP contribution in [0, 0.1) is 6.57 Å². The summed E-state index contributed by atoms with van der Waals surface area (Å²) in [6.07, 6.45) is -0.706. The highest BCUT2D eigenvalue weighted by Gasteiger charge is 2.09. The highest BCUT2D eigenvalue weighted by Crippen LogP contribution is 2.18. The van der Waals surface area contributed by atoms with Crippen molar-refractivity contribution in [1.82, 2.24) is 4.90 Å². The molecule has 4 heteroatoms. The Morgan fingerprint density at radius 2 is 1.89 bits per heavy atom. The van der Waals surface area contributed by atoms with Gasteiger partial charge >= 0.3 is 0 Å². The van der Waals surface area contributed by atoms with Gasteiger partial charge in [-0.05, 0) is 30.8 Å². The average Bonchev–Trinajstić information content (AvgIpc) is 2.44. The van der Waals surface area contributed by atoms with E-state index >= 15 is 0 Å². The smallest absolute Gasteiger partial charge is 0.244 e. The lowest BCUT2D eigenvalue weighted by Crippen LogP contribution is -2.27. The molecule has 1 aromatic rings. The molecule has 0 amide bonds. The number of ether oxygens (including phenoxy) is 1. The van der Waals surface area contributed by atoms with Gasteiger partial charge in [-0.3, -0.25) is 0 Å². The molecule has 104 valence electrons. The maximum atomic E-state index is 9.66. The van der Waals surface area contributed by atoms with E-state index in [1.54, 1.807) is 0 Å². The molecule has 0 aliphatic carbocycles. The number of nitrogens with zero attached hydrogens (tertiary/aromatic N) is 2. The molecule has 1 unspecified atom stereocenters. The summed E-state index contributed by atoms with van der Waals surface area (Å²) < 4.78 is 5.65. The molecule has 1 aromatic carbocycles. The molecule has 0 aliphatic rings. The fraction of sp³-hybridized carbons (Fsp3) is 0.533. The Bertz CT molecular complexity index is 394. The van der Waals surface area contributed by atoms with Crippen molar-refractivity contribution in [3.8, 4) is 5.75 Å². The number of likely N-dealkylation sites (N-methyl/N-ethyl adjacent to an activating group) is 1. The van der Waals surface area contributed by atoms with Crippen molar-refractivity contribution in [3.63, 3.8) is 0 Å². The van der Waals surface area contributed by atoms with E-state index < -0.39 is 6.10 Å². The van der Waals surface area contributed by atoms with Gasteiger partial charge in [0.25, 0.3) is 0 Å².